The van der Waals surface area contributed by atoms with Crippen LogP contribution in [0.1, 0.15) is 58.1 Å². The topological polar surface area (TPSA) is 33.2 Å². The predicted octanol–water partition coefficient (Wildman–Crippen LogP) is 5.61. The summed E-state index contributed by atoms with van der Waals surface area (Å²) in [5, 5.41) is 0. The molecule has 2 unspecified atom stereocenters. The number of nitrogens with zero attached hydrogens (tertiary/aromatic N) is 2. The van der Waals surface area contributed by atoms with E-state index in [-0.39, 0.29) is 16.7 Å². The van der Waals surface area contributed by atoms with Gasteiger partial charge in [-0.2, -0.15) is 0 Å². The fourth-order valence-corrected chi connectivity index (χ4v) is 8.58. The van der Waals surface area contributed by atoms with Crippen LogP contribution in [0.3, 0.4) is 0 Å². The highest BCUT2D eigenvalue weighted by atomic mass is 32.1. The van der Waals surface area contributed by atoms with E-state index in [1.807, 2.05) is 30.5 Å². The summed E-state index contributed by atoms with van der Waals surface area (Å²) >= 11 is 6.01. The zero-order chi connectivity index (χ0) is 21.8. The Morgan fingerprint density at radius 1 is 1.23 bits per heavy atom. The Balaban J connectivity index is 1.43. The molecular formula is C27H34N2OS. The SMILES string of the molecule is C=CCN1C(=O)C=C[C@@]2(C)C1CC[C@@H]1[C@H]2CC[C@]2(C)C(C(=S)c3ccccn3)CC[C@@H]12. The van der Waals surface area contributed by atoms with E-state index in [0.29, 0.717) is 24.4 Å². The molecule has 3 fully saturated rings. The van der Waals surface area contributed by atoms with E-state index < -0.39 is 0 Å². The molecule has 0 N–H and O–H groups in total. The molecule has 0 bridgehead atoms. The largest absolute Gasteiger partial charge is 0.332 e. The van der Waals surface area contributed by atoms with Crippen LogP contribution in [-0.2, 0) is 4.79 Å². The van der Waals surface area contributed by atoms with Crippen molar-refractivity contribution in [1.29, 1.82) is 0 Å². The number of carbonyl (C=O) groups is 1. The number of carbonyl (C=O) groups excluding carboxylic acids is 1. The van der Waals surface area contributed by atoms with Crippen molar-refractivity contribution in [1.82, 2.24) is 9.88 Å². The minimum atomic E-state index is 0.0702. The molecule has 0 saturated heterocycles. The van der Waals surface area contributed by atoms with Gasteiger partial charge in [0.25, 0.3) is 0 Å². The van der Waals surface area contributed by atoms with Crippen LogP contribution in [-0.4, -0.2) is 33.2 Å². The maximum Gasteiger partial charge on any atom is 0.246 e. The number of fused-ring (bicyclic) bond motifs is 5. The summed E-state index contributed by atoms with van der Waals surface area (Å²) in [5.74, 6) is 2.69. The average molecular weight is 435 g/mol. The van der Waals surface area contributed by atoms with E-state index in [2.05, 4.69) is 42.5 Å². The van der Waals surface area contributed by atoms with Gasteiger partial charge in [-0.1, -0.05) is 44.3 Å². The number of pyridine rings is 1. The second kappa shape index (κ2) is 7.65. The molecule has 5 rings (SSSR count). The highest BCUT2D eigenvalue weighted by Gasteiger charge is 2.61. The van der Waals surface area contributed by atoms with Crippen molar-refractivity contribution in [2.75, 3.05) is 6.54 Å². The lowest BCUT2D eigenvalue weighted by atomic mass is 9.47. The second-order valence-corrected chi connectivity index (χ2v) is 11.1. The standard InChI is InChI=1S/C27H34N2OS/c1-4-17-29-23-11-8-18-19-9-10-21(25(31)22-7-5-6-16-28-22)26(19,2)14-12-20(18)27(23,3)15-13-24(29)30/h4-7,13,15-16,18-21,23H,1,8-12,14,17H2,2-3H3/t18-,19-,20+,21?,23?,26-,27+/m0/s1. The van der Waals surface area contributed by atoms with Gasteiger partial charge in [-0.3, -0.25) is 9.78 Å². The fourth-order valence-electron chi connectivity index (χ4n) is 8.07. The molecule has 0 aromatic carbocycles. The Morgan fingerprint density at radius 2 is 2.06 bits per heavy atom. The molecule has 3 saturated carbocycles. The number of rotatable bonds is 4. The normalized spacial score (nSPS) is 41.3. The highest BCUT2D eigenvalue weighted by molar-refractivity contribution is 7.80. The Morgan fingerprint density at radius 3 is 2.81 bits per heavy atom. The van der Waals surface area contributed by atoms with Gasteiger partial charge < -0.3 is 4.90 Å². The van der Waals surface area contributed by atoms with Gasteiger partial charge in [0.1, 0.15) is 0 Å². The molecule has 3 aliphatic carbocycles. The van der Waals surface area contributed by atoms with Gasteiger partial charge in [0.15, 0.2) is 0 Å². The fraction of sp³-hybridized carbons (Fsp3) is 0.593. The molecule has 1 aromatic heterocycles. The summed E-state index contributed by atoms with van der Waals surface area (Å²) in [7, 11) is 0. The van der Waals surface area contributed by atoms with Crippen LogP contribution in [0.2, 0.25) is 0 Å². The van der Waals surface area contributed by atoms with Crippen LogP contribution in [0.15, 0.2) is 49.2 Å². The first kappa shape index (κ1) is 21.1. The van der Waals surface area contributed by atoms with E-state index in [4.69, 9.17) is 12.2 Å². The minimum Gasteiger partial charge on any atom is -0.332 e. The maximum absolute atomic E-state index is 12.6. The molecule has 3 nitrogen and oxygen atoms in total. The molecule has 0 spiro atoms. The van der Waals surface area contributed by atoms with Crippen LogP contribution in [0.4, 0.5) is 0 Å². The van der Waals surface area contributed by atoms with Crippen molar-refractivity contribution in [2.24, 2.45) is 34.5 Å². The van der Waals surface area contributed by atoms with Gasteiger partial charge in [0, 0.05) is 35.0 Å². The summed E-state index contributed by atoms with van der Waals surface area (Å²) in [6.07, 6.45) is 15.1. The Bertz CT molecular complexity index is 926. The molecule has 4 aliphatic rings. The monoisotopic (exact) mass is 434 g/mol. The van der Waals surface area contributed by atoms with E-state index in [9.17, 15) is 4.79 Å². The smallest absolute Gasteiger partial charge is 0.246 e. The van der Waals surface area contributed by atoms with Crippen molar-refractivity contribution in [3.63, 3.8) is 0 Å². The lowest BCUT2D eigenvalue weighted by Crippen LogP contribution is -2.60. The Labute approximate surface area is 192 Å². The molecular weight excluding hydrogens is 400 g/mol. The first-order valence-electron chi connectivity index (χ1n) is 12.0. The summed E-state index contributed by atoms with van der Waals surface area (Å²) < 4.78 is 0. The first-order chi connectivity index (χ1) is 14.9. The molecule has 31 heavy (non-hydrogen) atoms. The van der Waals surface area contributed by atoms with E-state index in [1.54, 1.807) is 0 Å². The lowest BCUT2D eigenvalue weighted by Gasteiger charge is -2.60. The molecule has 164 valence electrons. The van der Waals surface area contributed by atoms with Crippen molar-refractivity contribution in [3.05, 3.63) is 54.9 Å². The minimum absolute atomic E-state index is 0.0702. The number of aromatic nitrogens is 1. The van der Waals surface area contributed by atoms with Crippen LogP contribution in [0, 0.1) is 34.5 Å². The molecule has 4 heteroatoms. The van der Waals surface area contributed by atoms with Crippen LogP contribution < -0.4 is 0 Å². The Kier molecular flexibility index (Phi) is 5.20. The number of amides is 1. The first-order valence-corrected chi connectivity index (χ1v) is 12.4. The van der Waals surface area contributed by atoms with Gasteiger partial charge in [-0.15, -0.1) is 6.58 Å². The average Bonchev–Trinajstić information content (AvgIpc) is 3.13. The molecule has 1 aromatic rings. The highest BCUT2D eigenvalue weighted by Crippen LogP contribution is 2.65. The van der Waals surface area contributed by atoms with E-state index in [0.717, 1.165) is 28.8 Å². The number of thiocarbonyl (C=S) groups is 1. The molecule has 1 amide bonds. The van der Waals surface area contributed by atoms with Crippen molar-refractivity contribution < 1.29 is 4.79 Å². The second-order valence-electron chi connectivity index (χ2n) is 10.7. The van der Waals surface area contributed by atoms with E-state index in [1.165, 1.54) is 32.1 Å². The molecule has 1 aliphatic heterocycles. The van der Waals surface area contributed by atoms with Crippen LogP contribution >= 0.6 is 12.2 Å². The molecule has 7 atom stereocenters. The summed E-state index contributed by atoms with van der Waals surface area (Å²) in [6, 6.07) is 6.40. The molecule has 0 radical (unpaired) electrons. The van der Waals surface area contributed by atoms with Gasteiger partial charge >= 0.3 is 0 Å². The summed E-state index contributed by atoms with van der Waals surface area (Å²) in [4.78, 5) is 20.3. The van der Waals surface area contributed by atoms with Gasteiger partial charge in [-0.05, 0) is 79.9 Å². The third-order valence-corrected chi connectivity index (χ3v) is 10.0. The third-order valence-electron chi connectivity index (χ3n) is 9.53. The maximum atomic E-state index is 12.6. The Hall–Kier alpha value is -1.81. The van der Waals surface area contributed by atoms with Crippen molar-refractivity contribution >= 4 is 23.0 Å². The van der Waals surface area contributed by atoms with Gasteiger partial charge in [0.2, 0.25) is 5.91 Å². The zero-order valence-electron chi connectivity index (χ0n) is 18.8. The zero-order valence-corrected chi connectivity index (χ0v) is 19.6. The predicted molar refractivity (Wildman–Crippen MR) is 129 cm³/mol. The third kappa shape index (κ3) is 3.08. The number of hydrogen-bond donors (Lipinski definition) is 0. The summed E-state index contributed by atoms with van der Waals surface area (Å²) in [5.41, 5.74) is 1.34. The van der Waals surface area contributed by atoms with E-state index >= 15 is 0 Å². The van der Waals surface area contributed by atoms with Crippen LogP contribution in [0.5, 0.6) is 0 Å². The quantitative estimate of drug-likeness (QED) is 0.351. The van der Waals surface area contributed by atoms with Crippen molar-refractivity contribution in [3.8, 4) is 0 Å². The van der Waals surface area contributed by atoms with Gasteiger partial charge in [-0.25, -0.2) is 0 Å². The number of hydrogen-bond acceptors (Lipinski definition) is 3. The molecule has 2 heterocycles. The van der Waals surface area contributed by atoms with Crippen molar-refractivity contribution in [2.45, 2.75) is 58.4 Å². The van der Waals surface area contributed by atoms with Gasteiger partial charge in [0.05, 0.1) is 5.69 Å². The lowest BCUT2D eigenvalue weighted by molar-refractivity contribution is -0.140. The van der Waals surface area contributed by atoms with Crippen LogP contribution in [0.25, 0.3) is 0 Å². The summed E-state index contributed by atoms with van der Waals surface area (Å²) in [6.45, 7) is 9.48.